The number of hydrogen-bond donors (Lipinski definition) is 1. The molecule has 0 atom stereocenters. The minimum absolute atomic E-state index is 0.488. The summed E-state index contributed by atoms with van der Waals surface area (Å²) in [6.07, 6.45) is 1.81. The van der Waals surface area contributed by atoms with Crippen LogP contribution < -0.4 is 0 Å². The predicted molar refractivity (Wildman–Crippen MR) is 91.5 cm³/mol. The van der Waals surface area contributed by atoms with Gasteiger partial charge in [0.05, 0.1) is 23.7 Å². The van der Waals surface area contributed by atoms with E-state index in [-0.39, 0.29) is 0 Å². The largest absolute Gasteiger partial charge is 0.304 e. The first-order chi connectivity index (χ1) is 11.6. The number of rotatable bonds is 5. The van der Waals surface area contributed by atoms with Crippen LogP contribution in [-0.2, 0) is 13.1 Å². The highest BCUT2D eigenvalue weighted by Crippen LogP contribution is 2.16. The van der Waals surface area contributed by atoms with E-state index in [9.17, 15) is 0 Å². The molecule has 8 heteroatoms. The minimum Gasteiger partial charge on any atom is -0.304 e. The standard InChI is InChI=1S/C16H17N7S/c1-11(2)9-22-16(24)14(8-18-22)15-19-21-23(20-15)10-13-5-3-12(7-17)4-6-13/h3-6,8,11,18H,9-10H2,1-2H3. The molecule has 0 spiro atoms. The lowest BCUT2D eigenvalue weighted by Crippen LogP contribution is -2.05. The SMILES string of the molecule is CC(C)Cn1[nH]cc(-c2nnn(Cc3ccc(C#N)cc3)n2)c1=S. The van der Waals surface area contributed by atoms with Gasteiger partial charge in [-0.15, -0.1) is 10.2 Å². The van der Waals surface area contributed by atoms with Gasteiger partial charge in [0.2, 0.25) is 5.82 Å². The van der Waals surface area contributed by atoms with E-state index in [2.05, 4.69) is 40.4 Å². The van der Waals surface area contributed by atoms with Gasteiger partial charge in [-0.3, -0.25) is 4.68 Å². The third-order valence-corrected chi connectivity index (χ3v) is 3.93. The molecule has 1 N–H and O–H groups in total. The summed E-state index contributed by atoms with van der Waals surface area (Å²) in [5, 5.41) is 24.5. The molecule has 0 saturated heterocycles. The minimum atomic E-state index is 0.488. The summed E-state index contributed by atoms with van der Waals surface area (Å²) in [7, 11) is 0. The van der Waals surface area contributed by atoms with E-state index < -0.39 is 0 Å². The van der Waals surface area contributed by atoms with Gasteiger partial charge in [0, 0.05) is 12.7 Å². The van der Waals surface area contributed by atoms with Gasteiger partial charge < -0.3 is 5.10 Å². The van der Waals surface area contributed by atoms with Crippen LogP contribution in [0.2, 0.25) is 0 Å². The molecule has 0 bridgehead atoms. The monoisotopic (exact) mass is 339 g/mol. The average molecular weight is 339 g/mol. The molecular weight excluding hydrogens is 322 g/mol. The maximum atomic E-state index is 8.83. The topological polar surface area (TPSA) is 88.1 Å². The Balaban J connectivity index is 1.79. The number of benzene rings is 1. The van der Waals surface area contributed by atoms with Crippen molar-refractivity contribution in [2.24, 2.45) is 5.92 Å². The Morgan fingerprint density at radius 3 is 2.71 bits per heavy atom. The van der Waals surface area contributed by atoms with Crippen molar-refractivity contribution in [1.82, 2.24) is 30.0 Å². The van der Waals surface area contributed by atoms with Gasteiger partial charge in [0.25, 0.3) is 0 Å². The number of hydrogen-bond acceptors (Lipinski definition) is 5. The van der Waals surface area contributed by atoms with Gasteiger partial charge in [-0.2, -0.15) is 10.1 Å². The Kier molecular flexibility index (Phi) is 4.53. The molecule has 2 aromatic heterocycles. The number of nitrogens with one attached hydrogen (secondary N) is 1. The first kappa shape index (κ1) is 16.1. The van der Waals surface area contributed by atoms with Crippen LogP contribution in [0.5, 0.6) is 0 Å². The van der Waals surface area contributed by atoms with Crippen LogP contribution >= 0.6 is 12.2 Å². The van der Waals surface area contributed by atoms with Crippen molar-refractivity contribution in [2.75, 3.05) is 0 Å². The van der Waals surface area contributed by atoms with Gasteiger partial charge >= 0.3 is 0 Å². The zero-order valence-corrected chi connectivity index (χ0v) is 14.3. The lowest BCUT2D eigenvalue weighted by Gasteiger charge is -2.04. The Labute approximate surface area is 144 Å². The predicted octanol–water partition coefficient (Wildman–Crippen LogP) is 2.78. The van der Waals surface area contributed by atoms with Crippen LogP contribution in [0.25, 0.3) is 11.4 Å². The average Bonchev–Trinajstić information content (AvgIpc) is 3.15. The summed E-state index contributed by atoms with van der Waals surface area (Å²) in [6.45, 7) is 5.57. The fourth-order valence-corrected chi connectivity index (χ4v) is 2.61. The highest BCUT2D eigenvalue weighted by molar-refractivity contribution is 7.71. The number of tetrazole rings is 1. The lowest BCUT2D eigenvalue weighted by atomic mass is 10.1. The van der Waals surface area contributed by atoms with Crippen LogP contribution in [0.4, 0.5) is 0 Å². The smallest absolute Gasteiger partial charge is 0.209 e. The zero-order valence-electron chi connectivity index (χ0n) is 13.5. The normalized spacial score (nSPS) is 10.9. The highest BCUT2D eigenvalue weighted by Gasteiger charge is 2.12. The van der Waals surface area contributed by atoms with E-state index in [0.29, 0.717) is 28.5 Å². The summed E-state index contributed by atoms with van der Waals surface area (Å²) in [6, 6.07) is 9.41. The molecule has 1 aromatic carbocycles. The molecule has 3 rings (SSSR count). The molecule has 0 saturated carbocycles. The van der Waals surface area contributed by atoms with E-state index >= 15 is 0 Å². The number of nitriles is 1. The fraction of sp³-hybridized carbons (Fsp3) is 0.312. The molecule has 0 aliphatic carbocycles. The number of nitrogens with zero attached hydrogens (tertiary/aromatic N) is 6. The molecule has 122 valence electrons. The Morgan fingerprint density at radius 1 is 1.29 bits per heavy atom. The molecule has 0 aliphatic heterocycles. The van der Waals surface area contributed by atoms with Crippen molar-refractivity contribution in [3.05, 3.63) is 46.2 Å². The van der Waals surface area contributed by atoms with Crippen LogP contribution in [0.3, 0.4) is 0 Å². The summed E-state index contributed by atoms with van der Waals surface area (Å²) < 4.78 is 2.60. The van der Waals surface area contributed by atoms with Gasteiger partial charge in [-0.1, -0.05) is 38.2 Å². The first-order valence-corrected chi connectivity index (χ1v) is 8.03. The lowest BCUT2D eigenvalue weighted by molar-refractivity contribution is 0.479. The third kappa shape index (κ3) is 3.41. The van der Waals surface area contributed by atoms with Crippen LogP contribution in [0, 0.1) is 21.9 Å². The molecule has 0 radical (unpaired) electrons. The zero-order chi connectivity index (χ0) is 17.1. The Hall–Kier alpha value is -2.79. The van der Waals surface area contributed by atoms with Crippen molar-refractivity contribution in [3.63, 3.8) is 0 Å². The second-order valence-electron chi connectivity index (χ2n) is 5.95. The molecule has 3 aromatic rings. The van der Waals surface area contributed by atoms with E-state index in [1.165, 1.54) is 4.80 Å². The fourth-order valence-electron chi connectivity index (χ4n) is 2.34. The van der Waals surface area contributed by atoms with Crippen molar-refractivity contribution < 1.29 is 0 Å². The first-order valence-electron chi connectivity index (χ1n) is 7.62. The maximum Gasteiger partial charge on any atom is 0.209 e. The molecule has 0 amide bonds. The van der Waals surface area contributed by atoms with Crippen molar-refractivity contribution >= 4 is 12.2 Å². The summed E-state index contributed by atoms with van der Waals surface area (Å²) in [4.78, 5) is 1.52. The third-order valence-electron chi connectivity index (χ3n) is 3.49. The second-order valence-corrected chi connectivity index (χ2v) is 6.34. The van der Waals surface area contributed by atoms with Crippen molar-refractivity contribution in [1.29, 1.82) is 5.26 Å². The van der Waals surface area contributed by atoms with E-state index in [1.807, 2.05) is 23.0 Å². The summed E-state index contributed by atoms with van der Waals surface area (Å²) >= 11 is 5.48. The molecular formula is C16H17N7S. The van der Waals surface area contributed by atoms with Crippen LogP contribution in [-0.4, -0.2) is 30.0 Å². The van der Waals surface area contributed by atoms with Crippen LogP contribution in [0.1, 0.15) is 25.0 Å². The Morgan fingerprint density at radius 2 is 2.04 bits per heavy atom. The quantitative estimate of drug-likeness (QED) is 0.722. The summed E-state index contributed by atoms with van der Waals surface area (Å²) in [5.41, 5.74) is 2.40. The van der Waals surface area contributed by atoms with E-state index in [0.717, 1.165) is 17.7 Å². The summed E-state index contributed by atoms with van der Waals surface area (Å²) in [5.74, 6) is 0.996. The van der Waals surface area contributed by atoms with Crippen LogP contribution in [0.15, 0.2) is 30.5 Å². The van der Waals surface area contributed by atoms with Gasteiger partial charge in [0.15, 0.2) is 0 Å². The van der Waals surface area contributed by atoms with Gasteiger partial charge in [-0.05, 0) is 28.8 Å². The number of aromatic amines is 1. The Bertz CT molecular complexity index is 924. The van der Waals surface area contributed by atoms with E-state index in [4.69, 9.17) is 17.5 Å². The van der Waals surface area contributed by atoms with Gasteiger partial charge in [0.1, 0.15) is 4.64 Å². The molecule has 7 nitrogen and oxygen atoms in total. The van der Waals surface area contributed by atoms with E-state index in [1.54, 1.807) is 12.1 Å². The molecule has 0 unspecified atom stereocenters. The van der Waals surface area contributed by atoms with Gasteiger partial charge in [-0.25, -0.2) is 0 Å². The molecule has 2 heterocycles. The highest BCUT2D eigenvalue weighted by atomic mass is 32.1. The van der Waals surface area contributed by atoms with Crippen molar-refractivity contribution in [3.8, 4) is 17.5 Å². The number of H-pyrrole nitrogens is 1. The molecule has 24 heavy (non-hydrogen) atoms. The maximum absolute atomic E-state index is 8.83. The number of aromatic nitrogens is 6. The van der Waals surface area contributed by atoms with Crippen molar-refractivity contribution in [2.45, 2.75) is 26.9 Å². The molecule has 0 aliphatic rings. The second kappa shape index (κ2) is 6.76. The molecule has 0 fully saturated rings.